The smallest absolute Gasteiger partial charge is 0.388 e. The van der Waals surface area contributed by atoms with Gasteiger partial charge in [0, 0.05) is 19.2 Å². The van der Waals surface area contributed by atoms with Gasteiger partial charge in [-0.1, -0.05) is 0 Å². The lowest BCUT2D eigenvalue weighted by molar-refractivity contribution is -0.0759. The third-order valence-electron chi connectivity index (χ3n) is 2.00. The molecule has 0 fully saturated rings. The van der Waals surface area contributed by atoms with Crippen LogP contribution in [0.2, 0.25) is 0 Å². The van der Waals surface area contributed by atoms with Crippen LogP contribution in [0, 0.1) is 0 Å². The van der Waals surface area contributed by atoms with Crippen LogP contribution in [-0.4, -0.2) is 43.8 Å². The number of nitrogens with zero attached hydrogens (tertiary/aromatic N) is 2. The number of methoxy groups -OCH3 is 1. The van der Waals surface area contributed by atoms with Crippen LogP contribution in [-0.2, 0) is 4.84 Å². The molecule has 0 aliphatic heterocycles. The van der Waals surface area contributed by atoms with Crippen LogP contribution >= 0.6 is 0 Å². The topological polar surface area (TPSA) is 60.9 Å². The maximum Gasteiger partial charge on any atom is 0.388 e. The van der Waals surface area contributed by atoms with Crippen molar-refractivity contribution in [3.05, 3.63) is 17.7 Å². The summed E-state index contributed by atoms with van der Waals surface area (Å²) in [5, 5.41) is 0.931. The molecule has 0 saturated heterocycles. The Morgan fingerprint density at radius 1 is 1.33 bits per heavy atom. The normalized spacial score (nSPS) is 10.3. The fourth-order valence-corrected chi connectivity index (χ4v) is 1.13. The van der Waals surface area contributed by atoms with E-state index in [2.05, 4.69) is 9.72 Å². The van der Waals surface area contributed by atoms with E-state index in [4.69, 9.17) is 9.57 Å². The molecule has 0 saturated carbocycles. The number of hydrogen-bond donors (Lipinski definition) is 0. The van der Waals surface area contributed by atoms with Crippen LogP contribution in [0.3, 0.4) is 0 Å². The Kier molecular flexibility index (Phi) is 4.78. The molecule has 8 heteroatoms. The van der Waals surface area contributed by atoms with E-state index in [0.29, 0.717) is 0 Å². The maximum absolute atomic E-state index is 12.1. The van der Waals surface area contributed by atoms with Crippen LogP contribution in [0.15, 0.2) is 12.1 Å². The van der Waals surface area contributed by atoms with Crippen LogP contribution in [0.5, 0.6) is 11.8 Å². The molecule has 0 aliphatic rings. The summed E-state index contributed by atoms with van der Waals surface area (Å²) in [7, 11) is 3.97. The van der Waals surface area contributed by atoms with E-state index in [0.717, 1.165) is 11.1 Å². The number of alkyl halides is 2. The molecule has 18 heavy (non-hydrogen) atoms. The average molecular weight is 262 g/mol. The number of amides is 1. The second kappa shape index (κ2) is 6.10. The van der Waals surface area contributed by atoms with Crippen molar-refractivity contribution in [3.8, 4) is 11.8 Å². The maximum atomic E-state index is 12.1. The zero-order valence-electron chi connectivity index (χ0n) is 10.0. The second-order valence-corrected chi connectivity index (χ2v) is 3.10. The first-order valence-corrected chi connectivity index (χ1v) is 4.81. The van der Waals surface area contributed by atoms with Gasteiger partial charge in [0.2, 0.25) is 11.8 Å². The fraction of sp³-hybridized carbons (Fsp3) is 0.400. The lowest BCUT2D eigenvalue weighted by Crippen LogP contribution is -2.25. The van der Waals surface area contributed by atoms with E-state index in [9.17, 15) is 13.6 Å². The molecular formula is C10H12F2N2O4. The summed E-state index contributed by atoms with van der Waals surface area (Å²) < 4.78 is 33.1. The van der Waals surface area contributed by atoms with E-state index < -0.39 is 18.4 Å². The Morgan fingerprint density at radius 3 is 2.44 bits per heavy atom. The van der Waals surface area contributed by atoms with Gasteiger partial charge in [0.15, 0.2) is 0 Å². The third-order valence-corrected chi connectivity index (χ3v) is 2.00. The van der Waals surface area contributed by atoms with E-state index in [1.807, 2.05) is 0 Å². The summed E-state index contributed by atoms with van der Waals surface area (Å²) in [6.45, 7) is -3.03. The van der Waals surface area contributed by atoms with Gasteiger partial charge in [-0.25, -0.2) is 5.06 Å². The summed E-state index contributed by atoms with van der Waals surface area (Å²) in [5.41, 5.74) is 0.0573. The van der Waals surface area contributed by atoms with E-state index in [1.54, 1.807) is 0 Å². The van der Waals surface area contributed by atoms with Crippen molar-refractivity contribution in [2.45, 2.75) is 6.61 Å². The number of carbonyl (C=O) groups excluding carboxylic acids is 1. The molecular weight excluding hydrogens is 250 g/mol. The van der Waals surface area contributed by atoms with Gasteiger partial charge in [0.05, 0.1) is 19.8 Å². The Balaban J connectivity index is 3.07. The van der Waals surface area contributed by atoms with Gasteiger partial charge in [-0.15, -0.1) is 0 Å². The molecule has 1 heterocycles. The second-order valence-electron chi connectivity index (χ2n) is 3.10. The van der Waals surface area contributed by atoms with Gasteiger partial charge in [-0.05, 0) is 0 Å². The minimum absolute atomic E-state index is 0.0130. The molecule has 1 aromatic rings. The molecule has 0 unspecified atom stereocenters. The number of pyridine rings is 1. The van der Waals surface area contributed by atoms with Crippen molar-refractivity contribution >= 4 is 5.91 Å². The Labute approximate surface area is 102 Å². The molecule has 6 nitrogen and oxygen atoms in total. The molecule has 0 N–H and O–H groups in total. The monoisotopic (exact) mass is 262 g/mol. The van der Waals surface area contributed by atoms with Crippen molar-refractivity contribution in [2.24, 2.45) is 0 Å². The highest BCUT2D eigenvalue weighted by Gasteiger charge is 2.16. The summed E-state index contributed by atoms with van der Waals surface area (Å²) in [6.07, 6.45) is 0. The number of ether oxygens (including phenoxy) is 2. The quantitative estimate of drug-likeness (QED) is 0.749. The first-order chi connectivity index (χ1) is 8.47. The third kappa shape index (κ3) is 3.52. The van der Waals surface area contributed by atoms with E-state index in [1.165, 1.54) is 27.3 Å². The lowest BCUT2D eigenvalue weighted by Gasteiger charge is -2.14. The molecule has 1 amide bonds. The van der Waals surface area contributed by atoms with Gasteiger partial charge >= 0.3 is 6.61 Å². The standard InChI is InChI=1S/C10H12F2N2O4/c1-14(17-3)9(15)6-4-7(16-2)13-8(5-6)18-10(11)12/h4-5,10H,1-3H3. The van der Waals surface area contributed by atoms with Crippen molar-refractivity contribution in [2.75, 3.05) is 21.3 Å². The minimum Gasteiger partial charge on any atom is -0.481 e. The van der Waals surface area contributed by atoms with Crippen molar-refractivity contribution < 1.29 is 27.9 Å². The first kappa shape index (κ1) is 14.1. The predicted octanol–water partition coefficient (Wildman–Crippen LogP) is 1.32. The molecule has 0 spiro atoms. The Morgan fingerprint density at radius 2 is 1.94 bits per heavy atom. The van der Waals surface area contributed by atoms with E-state index >= 15 is 0 Å². The largest absolute Gasteiger partial charge is 0.481 e. The van der Waals surface area contributed by atoms with E-state index in [-0.39, 0.29) is 11.4 Å². The SMILES string of the molecule is COc1cc(C(=O)N(C)OC)cc(OC(F)F)n1. The summed E-state index contributed by atoms with van der Waals surface area (Å²) >= 11 is 0. The van der Waals surface area contributed by atoms with Gasteiger partial charge < -0.3 is 9.47 Å². The van der Waals surface area contributed by atoms with Gasteiger partial charge in [0.1, 0.15) is 0 Å². The number of rotatable bonds is 5. The summed E-state index contributed by atoms with van der Waals surface area (Å²) in [6, 6.07) is 2.36. The van der Waals surface area contributed by atoms with Crippen LogP contribution in [0.1, 0.15) is 10.4 Å². The molecule has 0 radical (unpaired) electrons. The highest BCUT2D eigenvalue weighted by atomic mass is 19.3. The number of halogens is 2. The first-order valence-electron chi connectivity index (χ1n) is 4.81. The Bertz CT molecular complexity index is 428. The molecule has 1 aromatic heterocycles. The van der Waals surface area contributed by atoms with Crippen LogP contribution in [0.4, 0.5) is 8.78 Å². The summed E-state index contributed by atoms with van der Waals surface area (Å²) in [4.78, 5) is 20.1. The number of hydroxylamine groups is 2. The molecule has 0 aromatic carbocycles. The minimum atomic E-state index is -3.03. The number of aromatic nitrogens is 1. The lowest BCUT2D eigenvalue weighted by atomic mass is 10.2. The zero-order valence-corrected chi connectivity index (χ0v) is 10.0. The highest BCUT2D eigenvalue weighted by molar-refractivity contribution is 5.93. The predicted molar refractivity (Wildman–Crippen MR) is 56.5 cm³/mol. The summed E-state index contributed by atoms with van der Waals surface area (Å²) in [5.74, 6) is -0.962. The molecule has 0 bridgehead atoms. The molecule has 100 valence electrons. The van der Waals surface area contributed by atoms with Crippen molar-refractivity contribution in [1.29, 1.82) is 0 Å². The fourth-order valence-electron chi connectivity index (χ4n) is 1.13. The van der Waals surface area contributed by atoms with Crippen LogP contribution < -0.4 is 9.47 Å². The average Bonchev–Trinajstić information content (AvgIpc) is 2.35. The molecule has 0 atom stereocenters. The van der Waals surface area contributed by atoms with Gasteiger partial charge in [-0.3, -0.25) is 9.63 Å². The van der Waals surface area contributed by atoms with Gasteiger partial charge in [-0.2, -0.15) is 13.8 Å². The van der Waals surface area contributed by atoms with Crippen molar-refractivity contribution in [3.63, 3.8) is 0 Å². The Hall–Kier alpha value is -1.96. The number of carbonyl (C=O) groups is 1. The van der Waals surface area contributed by atoms with Crippen LogP contribution in [0.25, 0.3) is 0 Å². The zero-order chi connectivity index (χ0) is 13.7. The highest BCUT2D eigenvalue weighted by Crippen LogP contribution is 2.20. The molecule has 0 aliphatic carbocycles. The number of hydrogen-bond acceptors (Lipinski definition) is 5. The van der Waals surface area contributed by atoms with Crippen molar-refractivity contribution in [1.82, 2.24) is 10.0 Å². The van der Waals surface area contributed by atoms with Gasteiger partial charge in [0.25, 0.3) is 5.91 Å². The molecule has 1 rings (SSSR count).